The third kappa shape index (κ3) is 3.66. The second-order valence-electron chi connectivity index (χ2n) is 5.62. The average Bonchev–Trinajstić information content (AvgIpc) is 2.69. The molecule has 3 nitrogen and oxygen atoms in total. The molecule has 2 heterocycles. The van der Waals surface area contributed by atoms with Crippen molar-refractivity contribution in [3.05, 3.63) is 91.1 Å². The van der Waals surface area contributed by atoms with Crippen LogP contribution in [0.5, 0.6) is 5.75 Å². The average molecular weight is 382 g/mol. The van der Waals surface area contributed by atoms with E-state index >= 15 is 0 Å². The van der Waals surface area contributed by atoms with Crippen LogP contribution < -0.4 is 0 Å². The number of phenolic OH excluding ortho intramolecular Hbond substituents is 1. The van der Waals surface area contributed by atoms with E-state index in [9.17, 15) is 5.11 Å². The standard InChI is InChI=1S/C22H15N2O.Ni/c25-22-13-2-1-9-18(22)21-12-6-11-20(24-21)17-8-5-7-16(15-17)19-10-3-4-14-23-19;/h1-14,25H;/q-1;. The van der Waals surface area contributed by atoms with Crippen LogP contribution in [0, 0.1) is 6.07 Å². The fourth-order valence-corrected chi connectivity index (χ4v) is 2.71. The van der Waals surface area contributed by atoms with E-state index in [1.165, 1.54) is 0 Å². The Hall–Kier alpha value is -2.97. The maximum atomic E-state index is 10.1. The van der Waals surface area contributed by atoms with Gasteiger partial charge in [0.1, 0.15) is 5.75 Å². The normalized spacial score (nSPS) is 10.2. The molecule has 2 aromatic heterocycles. The molecule has 2 aromatic carbocycles. The summed E-state index contributed by atoms with van der Waals surface area (Å²) < 4.78 is 0. The number of pyridine rings is 2. The Bertz CT molecular complexity index is 1020. The van der Waals surface area contributed by atoms with Gasteiger partial charge in [0.25, 0.3) is 0 Å². The summed E-state index contributed by atoms with van der Waals surface area (Å²) >= 11 is 0. The van der Waals surface area contributed by atoms with E-state index in [1.54, 1.807) is 18.3 Å². The summed E-state index contributed by atoms with van der Waals surface area (Å²) in [4.78, 5) is 9.07. The second-order valence-corrected chi connectivity index (χ2v) is 5.62. The minimum atomic E-state index is 0. The van der Waals surface area contributed by atoms with Crippen LogP contribution in [0.4, 0.5) is 0 Å². The predicted molar refractivity (Wildman–Crippen MR) is 98.8 cm³/mol. The van der Waals surface area contributed by atoms with Crippen LogP contribution >= 0.6 is 0 Å². The first kappa shape index (κ1) is 17.8. The molecule has 1 N–H and O–H groups in total. The molecule has 26 heavy (non-hydrogen) atoms. The van der Waals surface area contributed by atoms with Gasteiger partial charge in [-0.05, 0) is 24.3 Å². The number of hydrogen-bond donors (Lipinski definition) is 1. The largest absolute Gasteiger partial charge is 0.507 e. The number of hydrogen-bond acceptors (Lipinski definition) is 3. The number of para-hydroxylation sites is 1. The molecule has 0 spiro atoms. The molecular formula is C22H15N2NiO-. The Morgan fingerprint density at radius 1 is 0.654 bits per heavy atom. The summed E-state index contributed by atoms with van der Waals surface area (Å²) in [5.74, 6) is 0.221. The van der Waals surface area contributed by atoms with Crippen molar-refractivity contribution in [3.63, 3.8) is 0 Å². The van der Waals surface area contributed by atoms with Gasteiger partial charge in [0.05, 0.1) is 5.69 Å². The minimum absolute atomic E-state index is 0. The van der Waals surface area contributed by atoms with Crippen molar-refractivity contribution in [1.82, 2.24) is 9.97 Å². The molecule has 0 atom stereocenters. The van der Waals surface area contributed by atoms with Crippen molar-refractivity contribution >= 4 is 0 Å². The van der Waals surface area contributed by atoms with Crippen LogP contribution in [0.1, 0.15) is 0 Å². The molecule has 4 aromatic rings. The third-order valence-electron chi connectivity index (χ3n) is 3.94. The van der Waals surface area contributed by atoms with Crippen molar-refractivity contribution in [2.75, 3.05) is 0 Å². The molecule has 4 rings (SSSR count). The molecule has 130 valence electrons. The topological polar surface area (TPSA) is 46.0 Å². The van der Waals surface area contributed by atoms with E-state index in [4.69, 9.17) is 4.98 Å². The van der Waals surface area contributed by atoms with Gasteiger partial charge in [0, 0.05) is 39.6 Å². The van der Waals surface area contributed by atoms with Crippen LogP contribution in [-0.4, -0.2) is 15.1 Å². The summed E-state index contributed by atoms with van der Waals surface area (Å²) in [6.07, 6.45) is 1.77. The van der Waals surface area contributed by atoms with E-state index in [0.29, 0.717) is 5.56 Å². The van der Waals surface area contributed by atoms with Crippen LogP contribution in [0.3, 0.4) is 0 Å². The predicted octanol–water partition coefficient (Wildman–Crippen LogP) is 4.98. The van der Waals surface area contributed by atoms with Crippen molar-refractivity contribution in [2.24, 2.45) is 0 Å². The summed E-state index contributed by atoms with van der Waals surface area (Å²) in [6, 6.07) is 28.1. The Morgan fingerprint density at radius 3 is 2.08 bits per heavy atom. The SMILES string of the molecule is Oc1ccccc1-c1cccc(-c2[c-]c(-c3ccccn3)ccc2)n1.[Ni]. The second kappa shape index (κ2) is 7.94. The molecule has 0 saturated carbocycles. The zero-order valence-electron chi connectivity index (χ0n) is 13.7. The number of aromatic hydroxyl groups is 1. The number of aromatic nitrogens is 2. The Labute approximate surface area is 162 Å². The third-order valence-corrected chi connectivity index (χ3v) is 3.94. The van der Waals surface area contributed by atoms with Gasteiger partial charge in [-0.25, -0.2) is 0 Å². The van der Waals surface area contributed by atoms with Crippen molar-refractivity contribution in [1.29, 1.82) is 0 Å². The molecular weight excluding hydrogens is 367 g/mol. The molecule has 0 saturated heterocycles. The molecule has 0 radical (unpaired) electrons. The van der Waals surface area contributed by atoms with Gasteiger partial charge in [-0.2, -0.15) is 0 Å². The van der Waals surface area contributed by atoms with Gasteiger partial charge in [-0.3, -0.25) is 9.97 Å². The van der Waals surface area contributed by atoms with Crippen molar-refractivity contribution < 1.29 is 21.6 Å². The number of benzene rings is 2. The molecule has 0 aliphatic rings. The maximum Gasteiger partial charge on any atom is 0.124 e. The van der Waals surface area contributed by atoms with Gasteiger partial charge >= 0.3 is 0 Å². The summed E-state index contributed by atoms with van der Waals surface area (Å²) in [7, 11) is 0. The van der Waals surface area contributed by atoms with Gasteiger partial charge in [-0.15, -0.1) is 24.3 Å². The molecule has 0 bridgehead atoms. The molecule has 4 heteroatoms. The van der Waals surface area contributed by atoms with Crippen molar-refractivity contribution in [2.45, 2.75) is 0 Å². The van der Waals surface area contributed by atoms with Gasteiger partial charge in [0.15, 0.2) is 0 Å². The van der Waals surface area contributed by atoms with E-state index in [-0.39, 0.29) is 22.2 Å². The van der Waals surface area contributed by atoms with Gasteiger partial charge < -0.3 is 5.11 Å². The number of nitrogens with zero attached hydrogens (tertiary/aromatic N) is 2. The van der Waals surface area contributed by atoms with E-state index < -0.39 is 0 Å². The fourth-order valence-electron chi connectivity index (χ4n) is 2.71. The quantitative estimate of drug-likeness (QED) is 0.402. The van der Waals surface area contributed by atoms with Gasteiger partial charge in [0.2, 0.25) is 0 Å². The van der Waals surface area contributed by atoms with Gasteiger partial charge in [-0.1, -0.05) is 47.5 Å². The summed E-state index contributed by atoms with van der Waals surface area (Å²) in [5, 5.41) is 10.1. The Morgan fingerprint density at radius 2 is 1.31 bits per heavy atom. The molecule has 0 aliphatic carbocycles. The molecule has 0 unspecified atom stereocenters. The molecule has 0 amide bonds. The Balaban J connectivity index is 0.00000196. The van der Waals surface area contributed by atoms with Crippen molar-refractivity contribution in [3.8, 4) is 39.5 Å². The summed E-state index contributed by atoms with van der Waals surface area (Å²) in [6.45, 7) is 0. The van der Waals surface area contributed by atoms with E-state index in [1.807, 2.05) is 66.7 Å². The zero-order valence-corrected chi connectivity index (χ0v) is 14.7. The van der Waals surface area contributed by atoms with Crippen LogP contribution in [0.15, 0.2) is 85.1 Å². The number of phenols is 1. The smallest absolute Gasteiger partial charge is 0.124 e. The summed E-state index contributed by atoms with van der Waals surface area (Å²) in [5.41, 5.74) is 4.94. The maximum absolute atomic E-state index is 10.1. The monoisotopic (exact) mass is 381 g/mol. The number of rotatable bonds is 3. The van der Waals surface area contributed by atoms with E-state index in [0.717, 1.165) is 28.2 Å². The van der Waals surface area contributed by atoms with Crippen LogP contribution in [0.2, 0.25) is 0 Å². The first-order chi connectivity index (χ1) is 12.3. The molecule has 0 aliphatic heterocycles. The zero-order chi connectivity index (χ0) is 17.1. The Kier molecular flexibility index (Phi) is 5.45. The minimum Gasteiger partial charge on any atom is -0.507 e. The fraction of sp³-hybridized carbons (Fsp3) is 0. The first-order valence-corrected chi connectivity index (χ1v) is 8.01. The van der Waals surface area contributed by atoms with Crippen LogP contribution in [0.25, 0.3) is 33.8 Å². The first-order valence-electron chi connectivity index (χ1n) is 8.01. The molecule has 0 fully saturated rings. The van der Waals surface area contributed by atoms with Crippen LogP contribution in [-0.2, 0) is 16.5 Å². The van der Waals surface area contributed by atoms with E-state index in [2.05, 4.69) is 11.1 Å².